The molecule has 5 heteroatoms. The third kappa shape index (κ3) is 5.36. The lowest BCUT2D eigenvalue weighted by molar-refractivity contribution is 0.0508. The summed E-state index contributed by atoms with van der Waals surface area (Å²) in [5.74, 6) is 0. The van der Waals surface area contributed by atoms with Crippen LogP contribution in [0, 0.1) is 0 Å². The number of nitrogens with zero attached hydrogens (tertiary/aromatic N) is 1. The number of amides is 1. The van der Waals surface area contributed by atoms with Gasteiger partial charge in [-0.25, -0.2) is 4.79 Å². The summed E-state index contributed by atoms with van der Waals surface area (Å²) in [6, 6.07) is 9.93. The summed E-state index contributed by atoms with van der Waals surface area (Å²) in [5.41, 5.74) is 2.63. The first-order chi connectivity index (χ1) is 10.7. The number of aromatic nitrogens is 1. The molecule has 0 saturated carbocycles. The first-order valence-corrected chi connectivity index (χ1v) is 8.24. The van der Waals surface area contributed by atoms with Crippen molar-refractivity contribution in [2.45, 2.75) is 39.3 Å². The van der Waals surface area contributed by atoms with E-state index >= 15 is 0 Å². The molecule has 0 aliphatic rings. The Hall–Kier alpha value is -1.88. The molecule has 0 fully saturated rings. The fourth-order valence-electron chi connectivity index (χ4n) is 2.10. The number of benzene rings is 1. The minimum absolute atomic E-state index is 0.125. The first-order valence-electron chi connectivity index (χ1n) is 7.45. The lowest BCUT2D eigenvalue weighted by Gasteiger charge is -2.22. The van der Waals surface area contributed by atoms with E-state index in [9.17, 15) is 4.79 Å². The Morgan fingerprint density at radius 3 is 2.39 bits per heavy atom. The molecule has 1 N–H and O–H groups in total. The van der Waals surface area contributed by atoms with Crippen molar-refractivity contribution >= 4 is 22.0 Å². The van der Waals surface area contributed by atoms with E-state index in [1.807, 2.05) is 64.2 Å². The number of halogens is 1. The summed E-state index contributed by atoms with van der Waals surface area (Å²) in [6.07, 6.45) is 3.16. The van der Waals surface area contributed by atoms with Gasteiger partial charge in [0, 0.05) is 22.4 Å². The van der Waals surface area contributed by atoms with Crippen molar-refractivity contribution in [1.29, 1.82) is 0 Å². The van der Waals surface area contributed by atoms with Crippen molar-refractivity contribution in [2.24, 2.45) is 0 Å². The largest absolute Gasteiger partial charge is 0.444 e. The van der Waals surface area contributed by atoms with Gasteiger partial charge in [-0.05, 0) is 60.8 Å². The monoisotopic (exact) mass is 376 g/mol. The Morgan fingerprint density at radius 2 is 1.83 bits per heavy atom. The molecule has 1 amide bonds. The molecule has 0 spiro atoms. The van der Waals surface area contributed by atoms with Crippen LogP contribution >= 0.6 is 15.9 Å². The summed E-state index contributed by atoms with van der Waals surface area (Å²) in [4.78, 5) is 16.0. The zero-order valence-electron chi connectivity index (χ0n) is 13.8. The molecule has 1 heterocycles. The Bertz CT molecular complexity index is 678. The molecule has 0 bridgehead atoms. The van der Waals surface area contributed by atoms with Gasteiger partial charge >= 0.3 is 6.09 Å². The molecule has 1 atom stereocenters. The van der Waals surface area contributed by atoms with E-state index in [1.165, 1.54) is 0 Å². The maximum absolute atomic E-state index is 11.8. The average molecular weight is 377 g/mol. The van der Waals surface area contributed by atoms with Crippen LogP contribution in [0.1, 0.15) is 39.3 Å². The van der Waals surface area contributed by atoms with E-state index in [0.717, 1.165) is 21.2 Å². The highest BCUT2D eigenvalue weighted by molar-refractivity contribution is 9.10. The maximum Gasteiger partial charge on any atom is 0.408 e. The van der Waals surface area contributed by atoms with Gasteiger partial charge in [-0.15, -0.1) is 0 Å². The van der Waals surface area contributed by atoms with Gasteiger partial charge in [-0.3, -0.25) is 4.98 Å². The average Bonchev–Trinajstić information content (AvgIpc) is 2.45. The molecule has 1 aromatic heterocycles. The van der Waals surface area contributed by atoms with Crippen LogP contribution in [0.25, 0.3) is 11.1 Å². The fraction of sp³-hybridized carbons (Fsp3) is 0.333. The summed E-state index contributed by atoms with van der Waals surface area (Å²) in [5, 5.41) is 2.84. The number of carbonyl (C=O) groups excluding carboxylic acids is 1. The van der Waals surface area contributed by atoms with E-state index in [4.69, 9.17) is 4.74 Å². The van der Waals surface area contributed by atoms with Crippen LogP contribution in [0.4, 0.5) is 4.79 Å². The normalized spacial score (nSPS) is 12.6. The molecule has 122 valence electrons. The van der Waals surface area contributed by atoms with E-state index in [0.29, 0.717) is 0 Å². The standard InChI is InChI=1S/C18H21BrN2O2/c1-12(21-17(22)23-18(2,3)4)13-5-7-14(8-6-13)15-9-16(19)11-20-10-15/h5-12H,1-4H3,(H,21,22)/t12-/m0/s1. The number of ether oxygens (including phenoxy) is 1. The van der Waals surface area contributed by atoms with E-state index in [1.54, 1.807) is 6.20 Å². The van der Waals surface area contributed by atoms with Crippen molar-refractivity contribution < 1.29 is 9.53 Å². The maximum atomic E-state index is 11.8. The first kappa shape index (κ1) is 17.5. The smallest absolute Gasteiger partial charge is 0.408 e. The summed E-state index contributed by atoms with van der Waals surface area (Å²) in [7, 11) is 0. The van der Waals surface area contributed by atoms with E-state index in [-0.39, 0.29) is 6.04 Å². The Balaban J connectivity index is 2.06. The van der Waals surface area contributed by atoms with Crippen LogP contribution in [-0.4, -0.2) is 16.7 Å². The highest BCUT2D eigenvalue weighted by Crippen LogP contribution is 2.24. The highest BCUT2D eigenvalue weighted by atomic mass is 79.9. The van der Waals surface area contributed by atoms with Gasteiger partial charge in [-0.2, -0.15) is 0 Å². The molecular weight excluding hydrogens is 356 g/mol. The molecule has 2 rings (SSSR count). The third-order valence-electron chi connectivity index (χ3n) is 3.18. The lowest BCUT2D eigenvalue weighted by Crippen LogP contribution is -2.34. The molecule has 0 aliphatic carbocycles. The SMILES string of the molecule is C[C@H](NC(=O)OC(C)(C)C)c1ccc(-c2cncc(Br)c2)cc1. The third-order valence-corrected chi connectivity index (χ3v) is 3.62. The number of pyridine rings is 1. The number of hydrogen-bond acceptors (Lipinski definition) is 3. The van der Waals surface area contributed by atoms with Gasteiger partial charge in [0.1, 0.15) is 5.60 Å². The molecular formula is C18H21BrN2O2. The minimum atomic E-state index is -0.499. The van der Waals surface area contributed by atoms with Crippen LogP contribution in [-0.2, 0) is 4.74 Å². The second-order valence-corrected chi connectivity index (χ2v) is 7.30. The molecule has 0 unspecified atom stereocenters. The topological polar surface area (TPSA) is 51.2 Å². The van der Waals surface area contributed by atoms with Crippen LogP contribution in [0.15, 0.2) is 47.2 Å². The number of nitrogens with one attached hydrogen (secondary N) is 1. The van der Waals surface area contributed by atoms with Crippen LogP contribution in [0.2, 0.25) is 0 Å². The van der Waals surface area contributed by atoms with Gasteiger partial charge in [0.05, 0.1) is 6.04 Å². The summed E-state index contributed by atoms with van der Waals surface area (Å²) < 4.78 is 6.22. The minimum Gasteiger partial charge on any atom is -0.444 e. The lowest BCUT2D eigenvalue weighted by atomic mass is 10.0. The molecule has 4 nitrogen and oxygen atoms in total. The van der Waals surface area contributed by atoms with Gasteiger partial charge in [-0.1, -0.05) is 24.3 Å². The Morgan fingerprint density at radius 1 is 1.17 bits per heavy atom. The van der Waals surface area contributed by atoms with Gasteiger partial charge in [0.25, 0.3) is 0 Å². The van der Waals surface area contributed by atoms with E-state index < -0.39 is 11.7 Å². The number of alkyl carbamates (subject to hydrolysis) is 1. The fourth-order valence-corrected chi connectivity index (χ4v) is 2.47. The molecule has 0 saturated heterocycles. The van der Waals surface area contributed by atoms with Gasteiger partial charge < -0.3 is 10.1 Å². The molecule has 0 radical (unpaired) electrons. The zero-order chi connectivity index (χ0) is 17.0. The number of rotatable bonds is 3. The molecule has 23 heavy (non-hydrogen) atoms. The van der Waals surface area contributed by atoms with Crippen molar-refractivity contribution in [3.63, 3.8) is 0 Å². The molecule has 1 aromatic carbocycles. The van der Waals surface area contributed by atoms with Crippen LogP contribution in [0.5, 0.6) is 0 Å². The number of hydrogen-bond donors (Lipinski definition) is 1. The van der Waals surface area contributed by atoms with Crippen molar-refractivity contribution in [1.82, 2.24) is 10.3 Å². The quantitative estimate of drug-likeness (QED) is 0.810. The highest BCUT2D eigenvalue weighted by Gasteiger charge is 2.18. The summed E-state index contributed by atoms with van der Waals surface area (Å²) in [6.45, 7) is 7.47. The number of carbonyl (C=O) groups is 1. The second kappa shape index (κ2) is 7.13. The van der Waals surface area contributed by atoms with Crippen LogP contribution in [0.3, 0.4) is 0 Å². The predicted molar refractivity (Wildman–Crippen MR) is 95.2 cm³/mol. The zero-order valence-corrected chi connectivity index (χ0v) is 15.3. The van der Waals surface area contributed by atoms with Crippen molar-refractivity contribution in [2.75, 3.05) is 0 Å². The molecule has 0 aliphatic heterocycles. The molecule has 2 aromatic rings. The second-order valence-electron chi connectivity index (χ2n) is 6.38. The van der Waals surface area contributed by atoms with E-state index in [2.05, 4.69) is 26.2 Å². The van der Waals surface area contributed by atoms with Gasteiger partial charge in [0.15, 0.2) is 0 Å². The Kier molecular flexibility index (Phi) is 5.42. The van der Waals surface area contributed by atoms with Crippen LogP contribution < -0.4 is 5.32 Å². The Labute approximate surface area is 145 Å². The van der Waals surface area contributed by atoms with Gasteiger partial charge in [0.2, 0.25) is 0 Å². The predicted octanol–water partition coefficient (Wildman–Crippen LogP) is 5.10. The summed E-state index contributed by atoms with van der Waals surface area (Å²) >= 11 is 3.42. The van der Waals surface area contributed by atoms with Crippen molar-refractivity contribution in [3.05, 3.63) is 52.8 Å². The van der Waals surface area contributed by atoms with Crippen molar-refractivity contribution in [3.8, 4) is 11.1 Å².